The monoisotopic (exact) mass is 622 g/mol. The van der Waals surface area contributed by atoms with Gasteiger partial charge in [0.05, 0.1) is 11.1 Å². The van der Waals surface area contributed by atoms with Crippen molar-refractivity contribution in [3.05, 3.63) is 113 Å². The summed E-state index contributed by atoms with van der Waals surface area (Å²) in [6.45, 7) is 0.901. The summed E-state index contributed by atoms with van der Waals surface area (Å²) in [5.74, 6) is -14.1. The van der Waals surface area contributed by atoms with E-state index in [-0.39, 0.29) is 41.0 Å². The van der Waals surface area contributed by atoms with Gasteiger partial charge in [0.15, 0.2) is 17.5 Å². The van der Waals surface area contributed by atoms with E-state index in [0.717, 1.165) is 13.0 Å². The van der Waals surface area contributed by atoms with Crippen LogP contribution in [0.2, 0.25) is 0 Å². The number of allylic oxidation sites excluding steroid dienone is 1. The van der Waals surface area contributed by atoms with Gasteiger partial charge in [-0.2, -0.15) is 8.78 Å². The Balaban J connectivity index is 1.59. The van der Waals surface area contributed by atoms with Crippen molar-refractivity contribution in [3.8, 4) is 33.8 Å². The molecule has 0 saturated heterocycles. The number of hydrogen-bond acceptors (Lipinski definition) is 2. The predicted octanol–water partition coefficient (Wildman–Crippen LogP) is 10.4. The molecule has 0 unspecified atom stereocenters. The summed E-state index contributed by atoms with van der Waals surface area (Å²) in [7, 11) is 0. The van der Waals surface area contributed by atoms with E-state index < -0.39 is 81.4 Å². The van der Waals surface area contributed by atoms with Gasteiger partial charge in [0, 0.05) is 17.7 Å². The first-order valence-electron chi connectivity index (χ1n) is 11.7. The van der Waals surface area contributed by atoms with Crippen molar-refractivity contribution in [2.75, 3.05) is 0 Å². The van der Waals surface area contributed by atoms with Gasteiger partial charge in [0.25, 0.3) is 0 Å². The average Bonchev–Trinajstić information content (AvgIpc) is 2.89. The van der Waals surface area contributed by atoms with Crippen LogP contribution in [0.4, 0.5) is 52.7 Å². The number of ether oxygens (including phenoxy) is 2. The lowest BCUT2D eigenvalue weighted by atomic mass is 10.0. The second-order valence-corrected chi connectivity index (χ2v) is 8.82. The van der Waals surface area contributed by atoms with Crippen LogP contribution in [0.15, 0.2) is 72.6 Å². The van der Waals surface area contributed by atoms with Crippen molar-refractivity contribution >= 4 is 5.83 Å². The molecule has 4 aromatic carbocycles. The second kappa shape index (κ2) is 11.6. The molecule has 14 heteroatoms. The third-order valence-electron chi connectivity index (χ3n) is 5.82. The molecule has 4 rings (SSSR count). The van der Waals surface area contributed by atoms with Crippen LogP contribution in [0, 0.1) is 29.1 Å². The quantitative estimate of drug-likeness (QED) is 0.191. The second-order valence-electron chi connectivity index (χ2n) is 8.82. The zero-order chi connectivity index (χ0) is 31.9. The Morgan fingerprint density at radius 3 is 1.58 bits per heavy atom. The first kappa shape index (κ1) is 31.3. The molecule has 0 fully saturated rings. The van der Waals surface area contributed by atoms with E-state index in [1.165, 1.54) is 24.3 Å². The Bertz CT molecular complexity index is 1660. The minimum Gasteiger partial charge on any atom is -0.429 e. The van der Waals surface area contributed by atoms with Gasteiger partial charge >= 0.3 is 12.5 Å². The standard InChI is InChI=1S/C29H14F12O2/c1-13(30)26(36)15-4-2-14(3-5-15)16-6-7-19(20(31)8-16)28(37,38)42-18-11-21(32)25(22(33)12-18)17-9-23(34)27(24(35)10-17)43-29(39,40)41/h2-12H,1H3/b26-13+. The van der Waals surface area contributed by atoms with Gasteiger partial charge in [-0.1, -0.05) is 30.3 Å². The molecule has 0 spiro atoms. The number of alkyl halides is 5. The molecule has 0 aliphatic heterocycles. The average molecular weight is 622 g/mol. The SMILES string of the molecule is C/C(F)=C(\F)c1ccc(-c2ccc(C(F)(F)Oc3cc(F)c(-c4cc(F)c(OC(F)(F)F)c(F)c4)c(F)c3)c(F)c2)cc1. The van der Waals surface area contributed by atoms with Crippen molar-refractivity contribution in [3.63, 3.8) is 0 Å². The van der Waals surface area contributed by atoms with Crippen LogP contribution in [0.1, 0.15) is 18.1 Å². The number of halogens is 12. The van der Waals surface area contributed by atoms with E-state index in [1.54, 1.807) is 0 Å². The number of benzene rings is 4. The Hall–Kier alpha value is -4.62. The fraction of sp³-hybridized carbons (Fsp3) is 0.103. The molecule has 2 nitrogen and oxygen atoms in total. The van der Waals surface area contributed by atoms with E-state index in [9.17, 15) is 52.7 Å². The predicted molar refractivity (Wildman–Crippen MR) is 130 cm³/mol. The summed E-state index contributed by atoms with van der Waals surface area (Å²) in [5.41, 5.74) is -3.32. The topological polar surface area (TPSA) is 18.5 Å². The highest BCUT2D eigenvalue weighted by atomic mass is 19.4. The lowest BCUT2D eigenvalue weighted by Gasteiger charge is -2.20. The first-order chi connectivity index (χ1) is 20.0. The third-order valence-corrected chi connectivity index (χ3v) is 5.82. The van der Waals surface area contributed by atoms with Crippen LogP contribution >= 0.6 is 0 Å². The lowest BCUT2D eigenvalue weighted by molar-refractivity contribution is -0.276. The molecule has 226 valence electrons. The van der Waals surface area contributed by atoms with Gasteiger partial charge < -0.3 is 9.47 Å². The molecule has 0 bridgehead atoms. The Labute approximate surface area is 234 Å². The number of rotatable bonds is 7. The molecular formula is C29H14F12O2. The molecular weight excluding hydrogens is 608 g/mol. The summed E-state index contributed by atoms with van der Waals surface area (Å²) < 4.78 is 173. The van der Waals surface area contributed by atoms with Crippen molar-refractivity contribution in [1.29, 1.82) is 0 Å². The molecule has 0 aliphatic rings. The third kappa shape index (κ3) is 6.89. The normalized spacial score (nSPS) is 12.7. The van der Waals surface area contributed by atoms with Gasteiger partial charge in [-0.15, -0.1) is 13.2 Å². The maximum atomic E-state index is 14.8. The maximum Gasteiger partial charge on any atom is 0.573 e. The highest BCUT2D eigenvalue weighted by Gasteiger charge is 2.38. The minimum absolute atomic E-state index is 0.0533. The minimum atomic E-state index is -5.48. The van der Waals surface area contributed by atoms with Crippen LogP contribution in [0.5, 0.6) is 11.5 Å². The Kier molecular flexibility index (Phi) is 8.43. The summed E-state index contributed by atoms with van der Waals surface area (Å²) in [4.78, 5) is 0. The van der Waals surface area contributed by atoms with Crippen molar-refractivity contribution in [2.45, 2.75) is 19.4 Å². The van der Waals surface area contributed by atoms with Crippen molar-refractivity contribution in [2.24, 2.45) is 0 Å². The van der Waals surface area contributed by atoms with E-state index in [2.05, 4.69) is 9.47 Å². The molecule has 4 aromatic rings. The fourth-order valence-corrected chi connectivity index (χ4v) is 3.94. The van der Waals surface area contributed by atoms with Crippen molar-refractivity contribution < 1.29 is 62.2 Å². The molecule has 0 N–H and O–H groups in total. The molecule has 0 heterocycles. The Morgan fingerprint density at radius 1 is 0.581 bits per heavy atom. The molecule has 0 saturated carbocycles. The summed E-state index contributed by atoms with van der Waals surface area (Å²) in [6, 6.07) is 7.86. The molecule has 0 aromatic heterocycles. The molecule has 0 amide bonds. The summed E-state index contributed by atoms with van der Waals surface area (Å²) in [5, 5.41) is 0. The van der Waals surface area contributed by atoms with Gasteiger partial charge in [-0.3, -0.25) is 0 Å². The van der Waals surface area contributed by atoms with Crippen LogP contribution < -0.4 is 9.47 Å². The Morgan fingerprint density at radius 2 is 1.09 bits per heavy atom. The van der Waals surface area contributed by atoms with E-state index in [1.807, 2.05) is 0 Å². The van der Waals surface area contributed by atoms with E-state index in [4.69, 9.17) is 0 Å². The van der Waals surface area contributed by atoms with Crippen LogP contribution in [0.25, 0.3) is 28.1 Å². The zero-order valence-corrected chi connectivity index (χ0v) is 21.2. The molecule has 0 aliphatic carbocycles. The van der Waals surface area contributed by atoms with Gasteiger partial charge in [-0.25, -0.2) is 30.7 Å². The van der Waals surface area contributed by atoms with Gasteiger partial charge in [0.1, 0.15) is 29.0 Å². The first-order valence-corrected chi connectivity index (χ1v) is 11.7. The smallest absolute Gasteiger partial charge is 0.429 e. The number of hydrogen-bond donors (Lipinski definition) is 0. The largest absolute Gasteiger partial charge is 0.573 e. The van der Waals surface area contributed by atoms with Crippen LogP contribution in [-0.2, 0) is 6.11 Å². The summed E-state index contributed by atoms with van der Waals surface area (Å²) >= 11 is 0. The van der Waals surface area contributed by atoms with Gasteiger partial charge in [0.2, 0.25) is 5.75 Å². The van der Waals surface area contributed by atoms with Crippen LogP contribution in [-0.4, -0.2) is 6.36 Å². The maximum absolute atomic E-state index is 14.8. The highest BCUT2D eigenvalue weighted by molar-refractivity contribution is 5.69. The summed E-state index contributed by atoms with van der Waals surface area (Å²) in [6.07, 6.45) is -10.0. The molecule has 43 heavy (non-hydrogen) atoms. The van der Waals surface area contributed by atoms with Gasteiger partial charge in [-0.05, 0) is 47.9 Å². The van der Waals surface area contributed by atoms with Crippen molar-refractivity contribution in [1.82, 2.24) is 0 Å². The fourth-order valence-electron chi connectivity index (χ4n) is 3.94. The van der Waals surface area contributed by atoms with E-state index in [0.29, 0.717) is 12.1 Å². The van der Waals surface area contributed by atoms with E-state index >= 15 is 0 Å². The molecule has 0 atom stereocenters. The molecule has 0 radical (unpaired) electrons. The zero-order valence-electron chi connectivity index (χ0n) is 21.2. The highest BCUT2D eigenvalue weighted by Crippen LogP contribution is 2.39. The van der Waals surface area contributed by atoms with Crippen LogP contribution in [0.3, 0.4) is 0 Å². The lowest BCUT2D eigenvalue weighted by Crippen LogP contribution is -2.23.